The van der Waals surface area contributed by atoms with E-state index in [9.17, 15) is 4.79 Å². The first-order valence-electron chi connectivity index (χ1n) is 3.15. The maximum absolute atomic E-state index is 10.6. The van der Waals surface area contributed by atoms with E-state index in [1.54, 1.807) is 0 Å². The van der Waals surface area contributed by atoms with Crippen LogP contribution in [0.3, 0.4) is 0 Å². The summed E-state index contributed by atoms with van der Waals surface area (Å²) in [6.45, 7) is 3.71. The van der Waals surface area contributed by atoms with Gasteiger partial charge >= 0.3 is 0 Å². The van der Waals surface area contributed by atoms with Crippen LogP contribution >= 0.6 is 12.4 Å². The third kappa shape index (κ3) is 2.54. The van der Waals surface area contributed by atoms with E-state index in [0.29, 0.717) is 12.8 Å². The molecule has 3 nitrogen and oxygen atoms in total. The van der Waals surface area contributed by atoms with E-state index in [4.69, 9.17) is 11.5 Å². The van der Waals surface area contributed by atoms with Gasteiger partial charge in [0.25, 0.3) is 0 Å². The van der Waals surface area contributed by atoms with Gasteiger partial charge in [-0.2, -0.15) is 0 Å². The van der Waals surface area contributed by atoms with Gasteiger partial charge in [0.05, 0.1) is 5.54 Å². The molecule has 0 aliphatic heterocycles. The number of hydrogen-bond acceptors (Lipinski definition) is 2. The number of nitrogens with two attached hydrogens (primary N) is 2. The lowest BCUT2D eigenvalue weighted by molar-refractivity contribution is -0.123. The lowest BCUT2D eigenvalue weighted by Gasteiger charge is -2.21. The Bertz CT molecular complexity index is 112. The number of carbonyl (C=O) groups is 1. The molecule has 0 unspecified atom stereocenters. The number of halogens is 1. The average molecular weight is 167 g/mol. The average Bonchev–Trinajstić information content (AvgIpc) is 1.86. The molecule has 0 aliphatic carbocycles. The monoisotopic (exact) mass is 166 g/mol. The minimum atomic E-state index is -0.778. The second-order valence-corrected chi connectivity index (χ2v) is 2.23. The lowest BCUT2D eigenvalue weighted by atomic mass is 9.94. The molecule has 62 valence electrons. The summed E-state index contributed by atoms with van der Waals surface area (Å²) < 4.78 is 0. The quantitative estimate of drug-likeness (QED) is 0.638. The van der Waals surface area contributed by atoms with Crippen molar-refractivity contribution >= 4 is 18.3 Å². The van der Waals surface area contributed by atoms with Crippen molar-refractivity contribution in [3.8, 4) is 0 Å². The summed E-state index contributed by atoms with van der Waals surface area (Å²) in [7, 11) is 0. The first-order chi connectivity index (χ1) is 4.06. The van der Waals surface area contributed by atoms with Crippen LogP contribution < -0.4 is 11.5 Å². The summed E-state index contributed by atoms with van der Waals surface area (Å²) in [6.07, 6.45) is 1.22. The van der Waals surface area contributed by atoms with Crippen molar-refractivity contribution in [1.29, 1.82) is 0 Å². The fourth-order valence-corrected chi connectivity index (χ4v) is 0.598. The number of carbonyl (C=O) groups excluding carboxylic acids is 1. The molecule has 0 aromatic rings. The summed E-state index contributed by atoms with van der Waals surface area (Å²) in [5.74, 6) is -0.410. The van der Waals surface area contributed by atoms with Gasteiger partial charge in [-0.25, -0.2) is 0 Å². The van der Waals surface area contributed by atoms with Crippen molar-refractivity contribution in [2.24, 2.45) is 11.5 Å². The number of hydrogen-bond donors (Lipinski definition) is 2. The normalized spacial score (nSPS) is 10.3. The Morgan fingerprint density at radius 3 is 1.70 bits per heavy atom. The summed E-state index contributed by atoms with van der Waals surface area (Å²) in [5, 5.41) is 0. The Morgan fingerprint density at radius 2 is 1.70 bits per heavy atom. The van der Waals surface area contributed by atoms with Crippen molar-refractivity contribution in [3.05, 3.63) is 0 Å². The van der Waals surface area contributed by atoms with Gasteiger partial charge in [-0.1, -0.05) is 13.8 Å². The van der Waals surface area contributed by atoms with Crippen LogP contribution in [0.5, 0.6) is 0 Å². The first-order valence-corrected chi connectivity index (χ1v) is 3.15. The molecule has 0 saturated carbocycles. The smallest absolute Gasteiger partial charge is 0.237 e. The van der Waals surface area contributed by atoms with Crippen LogP contribution in [0.15, 0.2) is 0 Å². The Kier molecular flexibility index (Phi) is 5.61. The highest BCUT2D eigenvalue weighted by atomic mass is 35.5. The summed E-state index contributed by atoms with van der Waals surface area (Å²) >= 11 is 0. The maximum Gasteiger partial charge on any atom is 0.237 e. The van der Waals surface area contributed by atoms with E-state index >= 15 is 0 Å². The van der Waals surface area contributed by atoms with E-state index in [0.717, 1.165) is 0 Å². The molecule has 0 aliphatic rings. The van der Waals surface area contributed by atoms with Crippen molar-refractivity contribution in [2.75, 3.05) is 0 Å². The van der Waals surface area contributed by atoms with E-state index in [-0.39, 0.29) is 12.4 Å². The number of amides is 1. The molecule has 0 radical (unpaired) electrons. The summed E-state index contributed by atoms with van der Waals surface area (Å²) in [5.41, 5.74) is 9.82. The van der Waals surface area contributed by atoms with Crippen LogP contribution in [0.1, 0.15) is 26.7 Å². The SMILES string of the molecule is CCC(N)(CC)C(N)=O.Cl. The molecular formula is C6H15ClN2O. The molecule has 0 heterocycles. The molecule has 4 N–H and O–H groups in total. The predicted octanol–water partition coefficient (Wildman–Crippen LogP) is 0.411. The zero-order chi connectivity index (χ0) is 7.49. The molecule has 0 spiro atoms. The van der Waals surface area contributed by atoms with Crippen molar-refractivity contribution in [1.82, 2.24) is 0 Å². The van der Waals surface area contributed by atoms with Crippen LogP contribution in [0, 0.1) is 0 Å². The van der Waals surface area contributed by atoms with Gasteiger partial charge in [-0.3, -0.25) is 4.79 Å². The van der Waals surface area contributed by atoms with E-state index in [1.165, 1.54) is 0 Å². The van der Waals surface area contributed by atoms with Crippen LogP contribution in [0.2, 0.25) is 0 Å². The van der Waals surface area contributed by atoms with Gasteiger partial charge in [0.2, 0.25) is 5.91 Å². The molecule has 0 aromatic carbocycles. The van der Waals surface area contributed by atoms with Gasteiger partial charge in [0.1, 0.15) is 0 Å². The molecule has 1 amide bonds. The number of primary amides is 1. The van der Waals surface area contributed by atoms with Crippen molar-refractivity contribution in [3.63, 3.8) is 0 Å². The van der Waals surface area contributed by atoms with Crippen molar-refractivity contribution < 1.29 is 4.79 Å². The zero-order valence-corrected chi connectivity index (χ0v) is 7.20. The molecule has 0 bridgehead atoms. The fourth-order valence-electron chi connectivity index (χ4n) is 0.598. The molecule has 0 fully saturated rings. The van der Waals surface area contributed by atoms with Crippen molar-refractivity contribution in [2.45, 2.75) is 32.2 Å². The third-order valence-electron chi connectivity index (χ3n) is 1.75. The van der Waals surface area contributed by atoms with Crippen LogP contribution in [-0.4, -0.2) is 11.4 Å². The second kappa shape index (κ2) is 4.52. The molecular weight excluding hydrogens is 152 g/mol. The first kappa shape index (κ1) is 12.4. The van der Waals surface area contributed by atoms with Crippen LogP contribution in [0.25, 0.3) is 0 Å². The molecule has 4 heteroatoms. The Balaban J connectivity index is 0. The molecule has 0 rings (SSSR count). The third-order valence-corrected chi connectivity index (χ3v) is 1.75. The van der Waals surface area contributed by atoms with E-state index in [1.807, 2.05) is 13.8 Å². The lowest BCUT2D eigenvalue weighted by Crippen LogP contribution is -2.50. The highest BCUT2D eigenvalue weighted by Gasteiger charge is 2.26. The van der Waals surface area contributed by atoms with Gasteiger partial charge < -0.3 is 11.5 Å². The Morgan fingerprint density at radius 1 is 1.40 bits per heavy atom. The molecule has 0 aromatic heterocycles. The topological polar surface area (TPSA) is 69.1 Å². The minimum Gasteiger partial charge on any atom is -0.368 e. The van der Waals surface area contributed by atoms with Crippen LogP contribution in [-0.2, 0) is 4.79 Å². The van der Waals surface area contributed by atoms with E-state index in [2.05, 4.69) is 0 Å². The summed E-state index contributed by atoms with van der Waals surface area (Å²) in [4.78, 5) is 10.6. The molecule has 0 saturated heterocycles. The highest BCUT2D eigenvalue weighted by Crippen LogP contribution is 2.08. The fraction of sp³-hybridized carbons (Fsp3) is 0.833. The van der Waals surface area contributed by atoms with Gasteiger partial charge in [-0.15, -0.1) is 12.4 Å². The maximum atomic E-state index is 10.6. The molecule has 10 heavy (non-hydrogen) atoms. The standard InChI is InChI=1S/C6H14N2O.ClH/c1-3-6(8,4-2)5(7)9;/h3-4,8H2,1-2H3,(H2,7,9);1H. The Hall–Kier alpha value is -0.280. The largest absolute Gasteiger partial charge is 0.368 e. The van der Waals surface area contributed by atoms with E-state index < -0.39 is 11.4 Å². The predicted molar refractivity (Wildman–Crippen MR) is 43.9 cm³/mol. The summed E-state index contributed by atoms with van der Waals surface area (Å²) in [6, 6.07) is 0. The molecule has 0 atom stereocenters. The zero-order valence-electron chi connectivity index (χ0n) is 6.39. The van der Waals surface area contributed by atoms with Gasteiger partial charge in [-0.05, 0) is 12.8 Å². The minimum absolute atomic E-state index is 0. The van der Waals surface area contributed by atoms with Crippen LogP contribution in [0.4, 0.5) is 0 Å². The van der Waals surface area contributed by atoms with Gasteiger partial charge in [0, 0.05) is 0 Å². The Labute approximate surface area is 67.6 Å². The van der Waals surface area contributed by atoms with Gasteiger partial charge in [0.15, 0.2) is 0 Å². The second-order valence-electron chi connectivity index (χ2n) is 2.23. The highest BCUT2D eigenvalue weighted by molar-refractivity contribution is 5.85. The number of rotatable bonds is 3.